The van der Waals surface area contributed by atoms with Gasteiger partial charge in [0.15, 0.2) is 11.4 Å². The SMILES string of the molecule is Cc1cc(C(=O)N2CCC[C@@H](C)[C@H]2CNc2nc3ccccc3o2)c(-c2ncccn2)cc1F. The maximum atomic E-state index is 14.5. The van der Waals surface area contributed by atoms with Gasteiger partial charge in [0.1, 0.15) is 11.3 Å². The molecule has 0 radical (unpaired) electrons. The van der Waals surface area contributed by atoms with E-state index in [1.165, 1.54) is 6.07 Å². The zero-order chi connectivity index (χ0) is 23.7. The molecule has 8 heteroatoms. The van der Waals surface area contributed by atoms with Crippen LogP contribution in [0.25, 0.3) is 22.5 Å². The first-order valence-corrected chi connectivity index (χ1v) is 11.5. The second kappa shape index (κ2) is 9.21. The van der Waals surface area contributed by atoms with Gasteiger partial charge in [-0.05, 0) is 61.6 Å². The van der Waals surface area contributed by atoms with Gasteiger partial charge >= 0.3 is 0 Å². The number of anilines is 1. The van der Waals surface area contributed by atoms with E-state index in [0.717, 1.165) is 18.4 Å². The van der Waals surface area contributed by atoms with Crippen LogP contribution in [0.15, 0.2) is 59.3 Å². The van der Waals surface area contributed by atoms with E-state index in [-0.39, 0.29) is 23.7 Å². The van der Waals surface area contributed by atoms with Gasteiger partial charge in [-0.2, -0.15) is 4.98 Å². The Morgan fingerprint density at radius 1 is 1.21 bits per heavy atom. The highest BCUT2D eigenvalue weighted by Gasteiger charge is 2.34. The summed E-state index contributed by atoms with van der Waals surface area (Å²) in [6, 6.07) is 12.6. The van der Waals surface area contributed by atoms with E-state index >= 15 is 0 Å². The third-order valence-corrected chi connectivity index (χ3v) is 6.47. The van der Waals surface area contributed by atoms with E-state index < -0.39 is 0 Å². The second-order valence-electron chi connectivity index (χ2n) is 8.77. The van der Waals surface area contributed by atoms with Gasteiger partial charge in [-0.25, -0.2) is 14.4 Å². The summed E-state index contributed by atoms with van der Waals surface area (Å²) in [4.78, 5) is 28.7. The van der Waals surface area contributed by atoms with Gasteiger partial charge in [0.2, 0.25) is 0 Å². The lowest BCUT2D eigenvalue weighted by Gasteiger charge is -2.40. The molecule has 1 fully saturated rings. The van der Waals surface area contributed by atoms with Crippen LogP contribution in [0.5, 0.6) is 0 Å². The molecule has 1 amide bonds. The molecule has 0 bridgehead atoms. The van der Waals surface area contributed by atoms with Crippen molar-refractivity contribution in [3.8, 4) is 11.4 Å². The lowest BCUT2D eigenvalue weighted by Crippen LogP contribution is -2.51. The fourth-order valence-corrected chi connectivity index (χ4v) is 4.59. The van der Waals surface area contributed by atoms with Crippen LogP contribution in [-0.4, -0.2) is 44.9 Å². The van der Waals surface area contributed by atoms with Crippen LogP contribution < -0.4 is 5.32 Å². The van der Waals surface area contributed by atoms with Crippen LogP contribution in [0.1, 0.15) is 35.7 Å². The number of aryl methyl sites for hydroxylation is 1. The molecule has 0 saturated carbocycles. The first kappa shape index (κ1) is 22.0. The van der Waals surface area contributed by atoms with Crippen molar-refractivity contribution in [3.63, 3.8) is 0 Å². The van der Waals surface area contributed by atoms with E-state index in [9.17, 15) is 9.18 Å². The lowest BCUT2D eigenvalue weighted by atomic mass is 9.89. The number of amides is 1. The molecule has 1 saturated heterocycles. The van der Waals surface area contributed by atoms with Crippen molar-refractivity contribution in [1.29, 1.82) is 0 Å². The van der Waals surface area contributed by atoms with Crippen molar-refractivity contribution in [2.75, 3.05) is 18.4 Å². The van der Waals surface area contributed by atoms with Crippen LogP contribution in [-0.2, 0) is 0 Å². The number of aromatic nitrogens is 3. The summed E-state index contributed by atoms with van der Waals surface area (Å²) in [6.07, 6.45) is 5.10. The first-order chi connectivity index (χ1) is 16.5. The Bertz CT molecular complexity index is 1290. The van der Waals surface area contributed by atoms with Gasteiger partial charge in [-0.1, -0.05) is 19.1 Å². The van der Waals surface area contributed by atoms with Crippen molar-refractivity contribution < 1.29 is 13.6 Å². The maximum Gasteiger partial charge on any atom is 0.295 e. The molecule has 2 aromatic carbocycles. The quantitative estimate of drug-likeness (QED) is 0.448. The Morgan fingerprint density at radius 2 is 2.00 bits per heavy atom. The molecule has 0 spiro atoms. The Labute approximate surface area is 197 Å². The van der Waals surface area contributed by atoms with E-state index in [1.54, 1.807) is 31.5 Å². The summed E-state index contributed by atoms with van der Waals surface area (Å²) in [5.41, 5.74) is 2.71. The molecule has 1 N–H and O–H groups in total. The van der Waals surface area contributed by atoms with Gasteiger partial charge in [0.25, 0.3) is 11.9 Å². The van der Waals surface area contributed by atoms with E-state index in [2.05, 4.69) is 27.2 Å². The molecule has 174 valence electrons. The number of fused-ring (bicyclic) bond motifs is 1. The summed E-state index contributed by atoms with van der Waals surface area (Å²) in [5, 5.41) is 3.28. The molecule has 5 rings (SSSR count). The minimum Gasteiger partial charge on any atom is -0.424 e. The monoisotopic (exact) mass is 459 g/mol. The average Bonchev–Trinajstić information content (AvgIpc) is 3.27. The van der Waals surface area contributed by atoms with Crippen LogP contribution >= 0.6 is 0 Å². The summed E-state index contributed by atoms with van der Waals surface area (Å²) < 4.78 is 20.3. The predicted octanol–water partition coefficient (Wildman–Crippen LogP) is 5.09. The Hall–Kier alpha value is -3.81. The highest BCUT2D eigenvalue weighted by atomic mass is 19.1. The Morgan fingerprint density at radius 3 is 2.79 bits per heavy atom. The van der Waals surface area contributed by atoms with Crippen molar-refractivity contribution in [1.82, 2.24) is 19.9 Å². The first-order valence-electron chi connectivity index (χ1n) is 11.5. The zero-order valence-electron chi connectivity index (χ0n) is 19.2. The van der Waals surface area contributed by atoms with Gasteiger partial charge in [-0.15, -0.1) is 0 Å². The number of rotatable bonds is 5. The number of para-hydroxylation sites is 2. The number of oxazole rings is 1. The minimum atomic E-state index is -0.389. The molecule has 2 atom stereocenters. The van der Waals surface area contributed by atoms with Gasteiger partial charge < -0.3 is 14.6 Å². The van der Waals surface area contributed by atoms with E-state index in [1.807, 2.05) is 29.2 Å². The molecule has 1 aliphatic heterocycles. The predicted molar refractivity (Wildman–Crippen MR) is 128 cm³/mol. The molecule has 3 heterocycles. The number of carbonyl (C=O) groups excluding carboxylic acids is 1. The van der Waals surface area contributed by atoms with Crippen LogP contribution in [0.3, 0.4) is 0 Å². The number of likely N-dealkylation sites (tertiary alicyclic amines) is 1. The smallest absolute Gasteiger partial charge is 0.295 e. The molecule has 0 aliphatic carbocycles. The summed E-state index contributed by atoms with van der Waals surface area (Å²) >= 11 is 0. The van der Waals surface area contributed by atoms with Gasteiger partial charge in [0.05, 0.1) is 11.6 Å². The maximum absolute atomic E-state index is 14.5. The van der Waals surface area contributed by atoms with Crippen LogP contribution in [0, 0.1) is 18.7 Å². The molecule has 2 aromatic heterocycles. The number of benzene rings is 2. The van der Waals surface area contributed by atoms with Crippen molar-refractivity contribution >= 4 is 23.0 Å². The normalized spacial score (nSPS) is 18.3. The zero-order valence-corrected chi connectivity index (χ0v) is 19.2. The van der Waals surface area contributed by atoms with Crippen LogP contribution in [0.4, 0.5) is 10.4 Å². The standard InChI is InChI=1S/C26H26FN5O2/c1-16-7-5-12-32(22(16)15-30-26-31-21-8-3-4-9-23(21)34-26)25(33)19-13-17(2)20(27)14-18(19)24-28-10-6-11-29-24/h3-4,6,8-11,13-14,16,22H,5,7,12,15H2,1-2H3,(H,30,31)/t16-,22-/m1/s1. The van der Waals surface area contributed by atoms with Crippen molar-refractivity contribution in [3.05, 3.63) is 71.8 Å². The van der Waals surface area contributed by atoms with E-state index in [0.29, 0.717) is 47.2 Å². The lowest BCUT2D eigenvalue weighted by molar-refractivity contribution is 0.0540. The number of carbonyl (C=O) groups is 1. The van der Waals surface area contributed by atoms with Crippen LogP contribution in [0.2, 0.25) is 0 Å². The Kier molecular flexibility index (Phi) is 5.96. The Balaban J connectivity index is 1.44. The van der Waals surface area contributed by atoms with Gasteiger partial charge in [-0.3, -0.25) is 4.79 Å². The minimum absolute atomic E-state index is 0.0776. The number of hydrogen-bond donors (Lipinski definition) is 1. The van der Waals surface area contributed by atoms with Gasteiger partial charge in [0, 0.05) is 31.0 Å². The molecule has 7 nitrogen and oxygen atoms in total. The number of piperidine rings is 1. The molecule has 0 unspecified atom stereocenters. The topological polar surface area (TPSA) is 84.2 Å². The molecular formula is C26H26FN5O2. The number of nitrogens with one attached hydrogen (secondary N) is 1. The number of halogens is 1. The third kappa shape index (κ3) is 4.23. The molecule has 4 aromatic rings. The summed E-state index contributed by atoms with van der Waals surface area (Å²) in [5.74, 6) is 0.0603. The summed E-state index contributed by atoms with van der Waals surface area (Å²) in [7, 11) is 0. The average molecular weight is 460 g/mol. The highest BCUT2D eigenvalue weighted by molar-refractivity contribution is 6.00. The number of nitrogens with zero attached hydrogens (tertiary/aromatic N) is 4. The second-order valence-corrected chi connectivity index (χ2v) is 8.77. The fourth-order valence-electron chi connectivity index (χ4n) is 4.59. The van der Waals surface area contributed by atoms with Crippen molar-refractivity contribution in [2.24, 2.45) is 5.92 Å². The largest absolute Gasteiger partial charge is 0.424 e. The highest BCUT2D eigenvalue weighted by Crippen LogP contribution is 2.30. The third-order valence-electron chi connectivity index (χ3n) is 6.47. The number of hydrogen-bond acceptors (Lipinski definition) is 6. The fraction of sp³-hybridized carbons (Fsp3) is 0.308. The summed E-state index contributed by atoms with van der Waals surface area (Å²) in [6.45, 7) is 4.92. The molecular weight excluding hydrogens is 433 g/mol. The van der Waals surface area contributed by atoms with E-state index in [4.69, 9.17) is 4.42 Å². The molecule has 1 aliphatic rings. The van der Waals surface area contributed by atoms with Crippen molar-refractivity contribution in [2.45, 2.75) is 32.7 Å². The molecule has 34 heavy (non-hydrogen) atoms.